The van der Waals surface area contributed by atoms with Crippen molar-refractivity contribution in [3.8, 4) is 5.75 Å². The molecule has 0 amide bonds. The lowest BCUT2D eigenvalue weighted by Gasteiger charge is -2.09. The van der Waals surface area contributed by atoms with Crippen molar-refractivity contribution in [1.29, 1.82) is 0 Å². The quantitative estimate of drug-likeness (QED) is 0.440. The van der Waals surface area contributed by atoms with Gasteiger partial charge in [0, 0.05) is 0 Å². The summed E-state index contributed by atoms with van der Waals surface area (Å²) in [6, 6.07) is 5.62. The molecular weight excluding hydrogens is 216 g/mol. The molecule has 1 rings (SSSR count). The second kappa shape index (κ2) is 6.94. The van der Waals surface area contributed by atoms with Crippen molar-refractivity contribution in [2.45, 2.75) is 40.0 Å². The Labute approximate surface area is 103 Å². The first-order chi connectivity index (χ1) is 8.15. The van der Waals surface area contributed by atoms with Crippen molar-refractivity contribution in [3.05, 3.63) is 29.3 Å². The molecule has 0 radical (unpaired) electrons. The lowest BCUT2D eigenvalue weighted by molar-refractivity contribution is 0.0971. The molecule has 1 aromatic carbocycles. The molecule has 0 saturated carbocycles. The van der Waals surface area contributed by atoms with E-state index in [1.54, 1.807) is 6.07 Å². The Bertz CT molecular complexity index is 372. The Morgan fingerprint density at radius 3 is 2.71 bits per heavy atom. The van der Waals surface area contributed by atoms with Crippen LogP contribution in [0.4, 0.5) is 4.79 Å². The molecule has 17 heavy (non-hydrogen) atoms. The first-order valence-electron chi connectivity index (χ1n) is 6.06. The van der Waals surface area contributed by atoms with Crippen LogP contribution in [0.25, 0.3) is 0 Å². The third-order valence-electron chi connectivity index (χ3n) is 2.72. The Morgan fingerprint density at radius 2 is 2.00 bits per heavy atom. The third-order valence-corrected chi connectivity index (χ3v) is 2.72. The van der Waals surface area contributed by atoms with Gasteiger partial charge in [-0.05, 0) is 37.5 Å². The second-order valence-electron chi connectivity index (χ2n) is 4.11. The van der Waals surface area contributed by atoms with E-state index in [2.05, 4.69) is 6.92 Å². The number of hydrogen-bond donors (Lipinski definition) is 0. The summed E-state index contributed by atoms with van der Waals surface area (Å²) < 4.78 is 10.1. The maximum atomic E-state index is 11.4. The van der Waals surface area contributed by atoms with E-state index in [0.717, 1.165) is 30.4 Å². The van der Waals surface area contributed by atoms with Gasteiger partial charge in [-0.3, -0.25) is 0 Å². The molecule has 1 aromatic rings. The highest BCUT2D eigenvalue weighted by atomic mass is 16.7. The number of rotatable bonds is 5. The number of hydrogen-bond acceptors (Lipinski definition) is 3. The Balaban J connectivity index is 2.43. The summed E-state index contributed by atoms with van der Waals surface area (Å²) in [6.07, 6.45) is 2.44. The van der Waals surface area contributed by atoms with Crippen LogP contribution in [0.2, 0.25) is 0 Å². The molecule has 0 N–H and O–H groups in total. The average molecular weight is 236 g/mol. The van der Waals surface area contributed by atoms with Gasteiger partial charge < -0.3 is 9.47 Å². The van der Waals surface area contributed by atoms with Crippen molar-refractivity contribution in [2.24, 2.45) is 0 Å². The maximum Gasteiger partial charge on any atom is 0.513 e. The van der Waals surface area contributed by atoms with Crippen LogP contribution in [0.5, 0.6) is 5.75 Å². The van der Waals surface area contributed by atoms with E-state index in [1.807, 2.05) is 26.0 Å². The SMILES string of the molecule is CCCCCOC(=O)Oc1cccc(C)c1C. The molecule has 0 aliphatic rings. The molecule has 0 fully saturated rings. The minimum atomic E-state index is -0.616. The first kappa shape index (κ1) is 13.6. The third kappa shape index (κ3) is 4.47. The van der Waals surface area contributed by atoms with E-state index in [0.29, 0.717) is 12.4 Å². The normalized spacial score (nSPS) is 10.1. The predicted octanol–water partition coefficient (Wildman–Crippen LogP) is 4.01. The fourth-order valence-corrected chi connectivity index (χ4v) is 1.46. The molecule has 0 saturated heterocycles. The molecule has 0 aliphatic heterocycles. The monoisotopic (exact) mass is 236 g/mol. The van der Waals surface area contributed by atoms with Crippen LogP contribution in [0.15, 0.2) is 18.2 Å². The molecule has 0 aliphatic carbocycles. The lowest BCUT2D eigenvalue weighted by Crippen LogP contribution is -2.12. The van der Waals surface area contributed by atoms with Crippen LogP contribution < -0.4 is 4.74 Å². The van der Waals surface area contributed by atoms with E-state index < -0.39 is 6.16 Å². The molecule has 3 heteroatoms. The van der Waals surface area contributed by atoms with Crippen LogP contribution >= 0.6 is 0 Å². The van der Waals surface area contributed by atoms with Gasteiger partial charge in [-0.2, -0.15) is 0 Å². The molecule has 0 spiro atoms. The standard InChI is InChI=1S/C14H20O3/c1-4-5-6-10-16-14(15)17-13-9-7-8-11(2)12(13)3/h7-9H,4-6,10H2,1-3H3. The zero-order chi connectivity index (χ0) is 12.7. The molecule has 0 unspecified atom stereocenters. The van der Waals surface area contributed by atoms with Crippen molar-refractivity contribution in [2.75, 3.05) is 6.61 Å². The lowest BCUT2D eigenvalue weighted by atomic mass is 10.1. The minimum Gasteiger partial charge on any atom is -0.434 e. The van der Waals surface area contributed by atoms with E-state index >= 15 is 0 Å². The van der Waals surface area contributed by atoms with Crippen LogP contribution in [-0.2, 0) is 4.74 Å². The van der Waals surface area contributed by atoms with Crippen molar-refractivity contribution >= 4 is 6.16 Å². The summed E-state index contributed by atoms with van der Waals surface area (Å²) in [5.41, 5.74) is 2.07. The average Bonchev–Trinajstić information content (AvgIpc) is 2.31. The molecule has 0 aromatic heterocycles. The van der Waals surface area contributed by atoms with Crippen molar-refractivity contribution in [1.82, 2.24) is 0 Å². The van der Waals surface area contributed by atoms with E-state index in [-0.39, 0.29) is 0 Å². The molecule has 94 valence electrons. The number of ether oxygens (including phenoxy) is 2. The highest BCUT2D eigenvalue weighted by Gasteiger charge is 2.08. The van der Waals surface area contributed by atoms with Crippen LogP contribution in [0.3, 0.4) is 0 Å². The van der Waals surface area contributed by atoms with Crippen LogP contribution in [-0.4, -0.2) is 12.8 Å². The molecule has 0 heterocycles. The minimum absolute atomic E-state index is 0.428. The van der Waals surface area contributed by atoms with Crippen molar-refractivity contribution in [3.63, 3.8) is 0 Å². The van der Waals surface area contributed by atoms with Gasteiger partial charge in [-0.15, -0.1) is 0 Å². The summed E-state index contributed by atoms with van der Waals surface area (Å²) in [5, 5.41) is 0. The molecular formula is C14H20O3. The Kier molecular flexibility index (Phi) is 5.53. The number of aryl methyl sites for hydroxylation is 1. The topological polar surface area (TPSA) is 35.5 Å². The van der Waals surface area contributed by atoms with Gasteiger partial charge in [0.25, 0.3) is 0 Å². The Hall–Kier alpha value is -1.51. The van der Waals surface area contributed by atoms with Gasteiger partial charge >= 0.3 is 6.16 Å². The number of carbonyl (C=O) groups excluding carboxylic acids is 1. The van der Waals surface area contributed by atoms with Crippen LogP contribution in [0.1, 0.15) is 37.3 Å². The van der Waals surface area contributed by atoms with E-state index in [4.69, 9.17) is 9.47 Å². The van der Waals surface area contributed by atoms with E-state index in [1.165, 1.54) is 0 Å². The fraction of sp³-hybridized carbons (Fsp3) is 0.500. The second-order valence-corrected chi connectivity index (χ2v) is 4.11. The molecule has 0 atom stereocenters. The summed E-state index contributed by atoms with van der Waals surface area (Å²) >= 11 is 0. The molecule has 0 bridgehead atoms. The van der Waals surface area contributed by atoms with Crippen LogP contribution in [0, 0.1) is 13.8 Å². The number of unbranched alkanes of at least 4 members (excludes halogenated alkanes) is 2. The number of benzene rings is 1. The smallest absolute Gasteiger partial charge is 0.434 e. The zero-order valence-electron chi connectivity index (χ0n) is 10.8. The number of carbonyl (C=O) groups is 1. The summed E-state index contributed by atoms with van der Waals surface area (Å²) in [4.78, 5) is 11.4. The largest absolute Gasteiger partial charge is 0.513 e. The van der Waals surface area contributed by atoms with Gasteiger partial charge in [0.1, 0.15) is 5.75 Å². The van der Waals surface area contributed by atoms with Gasteiger partial charge in [-0.25, -0.2) is 4.79 Å². The maximum absolute atomic E-state index is 11.4. The van der Waals surface area contributed by atoms with Gasteiger partial charge in [0.05, 0.1) is 6.61 Å². The highest BCUT2D eigenvalue weighted by molar-refractivity contribution is 5.64. The van der Waals surface area contributed by atoms with Crippen molar-refractivity contribution < 1.29 is 14.3 Å². The predicted molar refractivity (Wildman–Crippen MR) is 67.4 cm³/mol. The highest BCUT2D eigenvalue weighted by Crippen LogP contribution is 2.20. The summed E-state index contributed by atoms with van der Waals surface area (Å²) in [5.74, 6) is 0.575. The summed E-state index contributed by atoms with van der Waals surface area (Å²) in [6.45, 7) is 6.44. The van der Waals surface area contributed by atoms with Gasteiger partial charge in [0.15, 0.2) is 0 Å². The molecule has 3 nitrogen and oxygen atoms in total. The fourth-order valence-electron chi connectivity index (χ4n) is 1.46. The summed E-state index contributed by atoms with van der Waals surface area (Å²) in [7, 11) is 0. The Morgan fingerprint density at radius 1 is 1.24 bits per heavy atom. The zero-order valence-corrected chi connectivity index (χ0v) is 10.8. The first-order valence-corrected chi connectivity index (χ1v) is 6.06. The van der Waals surface area contributed by atoms with Gasteiger partial charge in [-0.1, -0.05) is 31.9 Å². The van der Waals surface area contributed by atoms with E-state index in [9.17, 15) is 4.79 Å². The van der Waals surface area contributed by atoms with Gasteiger partial charge in [0.2, 0.25) is 0 Å².